The molecule has 120 valence electrons. The van der Waals surface area contributed by atoms with E-state index in [1.54, 1.807) is 0 Å². The Morgan fingerprint density at radius 3 is 2.65 bits per heavy atom. The molecule has 0 bridgehead atoms. The highest BCUT2D eigenvalue weighted by Crippen LogP contribution is 2.27. The fourth-order valence-electron chi connectivity index (χ4n) is 3.52. The first-order valence-corrected chi connectivity index (χ1v) is 8.34. The third-order valence-electron chi connectivity index (χ3n) is 4.84. The number of carbonyl (C=O) groups excluding carboxylic acids is 1. The van der Waals surface area contributed by atoms with Gasteiger partial charge >= 0.3 is 0 Å². The molecule has 5 heteroatoms. The van der Waals surface area contributed by atoms with Gasteiger partial charge in [0.25, 0.3) is 5.91 Å². The smallest absolute Gasteiger partial charge is 0.274 e. The highest BCUT2D eigenvalue weighted by molar-refractivity contribution is 5.94. The summed E-state index contributed by atoms with van der Waals surface area (Å²) in [4.78, 5) is 16.9. The van der Waals surface area contributed by atoms with E-state index in [0.717, 1.165) is 56.8 Å². The SMILES string of the molecule is Cc1ccc(CN2Cc3[nH]nc(C(=O)N4CCCC4)c3C2)cc1. The summed E-state index contributed by atoms with van der Waals surface area (Å²) >= 11 is 0. The molecular weight excluding hydrogens is 288 g/mol. The van der Waals surface area contributed by atoms with Crippen LogP contribution in [0.5, 0.6) is 0 Å². The molecule has 1 N–H and O–H groups in total. The van der Waals surface area contributed by atoms with Crippen LogP contribution in [-0.2, 0) is 19.6 Å². The van der Waals surface area contributed by atoms with Crippen LogP contribution in [0.15, 0.2) is 24.3 Å². The van der Waals surface area contributed by atoms with Crippen molar-refractivity contribution in [3.63, 3.8) is 0 Å². The maximum Gasteiger partial charge on any atom is 0.274 e. The number of likely N-dealkylation sites (tertiary alicyclic amines) is 1. The van der Waals surface area contributed by atoms with Crippen LogP contribution >= 0.6 is 0 Å². The molecule has 0 aliphatic carbocycles. The standard InChI is InChI=1S/C18H22N4O/c1-13-4-6-14(7-5-13)10-21-11-15-16(12-21)19-20-17(15)18(23)22-8-2-3-9-22/h4-7H,2-3,8-12H2,1H3,(H,19,20). The maximum atomic E-state index is 12.6. The molecule has 5 nitrogen and oxygen atoms in total. The van der Waals surface area contributed by atoms with Gasteiger partial charge in [-0.05, 0) is 25.3 Å². The molecule has 0 atom stereocenters. The molecule has 3 heterocycles. The van der Waals surface area contributed by atoms with E-state index in [1.807, 2.05) is 4.90 Å². The van der Waals surface area contributed by atoms with Gasteiger partial charge in [-0.15, -0.1) is 0 Å². The molecule has 1 fully saturated rings. The molecule has 2 aliphatic rings. The van der Waals surface area contributed by atoms with Gasteiger partial charge in [-0.3, -0.25) is 14.8 Å². The Hall–Kier alpha value is -2.14. The van der Waals surface area contributed by atoms with Gasteiger partial charge in [0.05, 0.1) is 5.69 Å². The minimum Gasteiger partial charge on any atom is -0.337 e. The zero-order chi connectivity index (χ0) is 15.8. The van der Waals surface area contributed by atoms with Crippen molar-refractivity contribution in [2.45, 2.75) is 39.4 Å². The number of aromatic nitrogens is 2. The van der Waals surface area contributed by atoms with Gasteiger partial charge in [0.1, 0.15) is 0 Å². The zero-order valence-corrected chi connectivity index (χ0v) is 13.5. The summed E-state index contributed by atoms with van der Waals surface area (Å²) in [6.07, 6.45) is 2.22. The molecule has 2 aromatic rings. The molecule has 0 unspecified atom stereocenters. The number of fused-ring (bicyclic) bond motifs is 1. The first-order chi connectivity index (χ1) is 11.2. The molecule has 1 amide bonds. The van der Waals surface area contributed by atoms with Crippen LogP contribution in [0.3, 0.4) is 0 Å². The number of hydrogen-bond donors (Lipinski definition) is 1. The van der Waals surface area contributed by atoms with Crippen molar-refractivity contribution in [3.05, 3.63) is 52.3 Å². The molecular formula is C18H22N4O. The van der Waals surface area contributed by atoms with E-state index in [4.69, 9.17) is 0 Å². The summed E-state index contributed by atoms with van der Waals surface area (Å²) in [5.74, 6) is 0.0946. The number of benzene rings is 1. The average molecular weight is 310 g/mol. The number of aryl methyl sites for hydroxylation is 1. The number of carbonyl (C=O) groups is 1. The predicted octanol–water partition coefficient (Wildman–Crippen LogP) is 2.47. The van der Waals surface area contributed by atoms with Crippen molar-refractivity contribution in [3.8, 4) is 0 Å². The number of nitrogens with one attached hydrogen (secondary N) is 1. The van der Waals surface area contributed by atoms with Gasteiger partial charge < -0.3 is 4.90 Å². The predicted molar refractivity (Wildman–Crippen MR) is 87.9 cm³/mol. The van der Waals surface area contributed by atoms with E-state index in [0.29, 0.717) is 5.69 Å². The minimum atomic E-state index is 0.0946. The first-order valence-electron chi connectivity index (χ1n) is 8.34. The molecule has 0 saturated carbocycles. The average Bonchev–Trinajstić information content (AvgIpc) is 3.25. The zero-order valence-electron chi connectivity index (χ0n) is 13.5. The van der Waals surface area contributed by atoms with E-state index >= 15 is 0 Å². The summed E-state index contributed by atoms with van der Waals surface area (Å²) in [6, 6.07) is 8.65. The van der Waals surface area contributed by atoms with E-state index in [1.165, 1.54) is 11.1 Å². The van der Waals surface area contributed by atoms with Crippen LogP contribution in [0.1, 0.15) is 45.7 Å². The number of nitrogens with zero attached hydrogens (tertiary/aromatic N) is 3. The van der Waals surface area contributed by atoms with Gasteiger partial charge in [-0.1, -0.05) is 29.8 Å². The third kappa shape index (κ3) is 2.77. The molecule has 1 aromatic carbocycles. The topological polar surface area (TPSA) is 52.2 Å². The van der Waals surface area contributed by atoms with Crippen LogP contribution in [0.25, 0.3) is 0 Å². The van der Waals surface area contributed by atoms with Crippen LogP contribution in [0.4, 0.5) is 0 Å². The highest BCUT2D eigenvalue weighted by atomic mass is 16.2. The molecule has 0 radical (unpaired) electrons. The second-order valence-corrected chi connectivity index (χ2v) is 6.66. The Morgan fingerprint density at radius 1 is 1.17 bits per heavy atom. The van der Waals surface area contributed by atoms with Crippen molar-refractivity contribution in [2.24, 2.45) is 0 Å². The van der Waals surface area contributed by atoms with Gasteiger partial charge in [0.15, 0.2) is 5.69 Å². The molecule has 23 heavy (non-hydrogen) atoms. The minimum absolute atomic E-state index is 0.0946. The molecule has 1 saturated heterocycles. The van der Waals surface area contributed by atoms with Gasteiger partial charge in [-0.2, -0.15) is 5.10 Å². The number of rotatable bonds is 3. The van der Waals surface area contributed by atoms with Crippen molar-refractivity contribution < 1.29 is 4.79 Å². The second-order valence-electron chi connectivity index (χ2n) is 6.66. The van der Waals surface area contributed by atoms with E-state index in [2.05, 4.69) is 46.3 Å². The lowest BCUT2D eigenvalue weighted by atomic mass is 10.1. The molecule has 4 rings (SSSR count). The van der Waals surface area contributed by atoms with Crippen molar-refractivity contribution in [1.82, 2.24) is 20.0 Å². The quantitative estimate of drug-likeness (QED) is 0.947. The Labute approximate surface area is 136 Å². The largest absolute Gasteiger partial charge is 0.337 e. The van der Waals surface area contributed by atoms with Gasteiger partial charge in [0.2, 0.25) is 0 Å². The maximum absolute atomic E-state index is 12.6. The highest BCUT2D eigenvalue weighted by Gasteiger charge is 2.30. The van der Waals surface area contributed by atoms with Gasteiger partial charge in [0, 0.05) is 38.3 Å². The third-order valence-corrected chi connectivity index (χ3v) is 4.84. The molecule has 0 spiro atoms. The molecule has 2 aliphatic heterocycles. The number of aromatic amines is 1. The van der Waals surface area contributed by atoms with Crippen LogP contribution in [0.2, 0.25) is 0 Å². The van der Waals surface area contributed by atoms with E-state index in [9.17, 15) is 4.79 Å². The Kier molecular flexibility index (Phi) is 3.65. The van der Waals surface area contributed by atoms with Crippen LogP contribution in [-0.4, -0.2) is 39.0 Å². The summed E-state index contributed by atoms with van der Waals surface area (Å²) < 4.78 is 0. The molecule has 1 aromatic heterocycles. The normalized spacial score (nSPS) is 17.7. The van der Waals surface area contributed by atoms with Crippen LogP contribution in [0, 0.1) is 6.92 Å². The fourth-order valence-corrected chi connectivity index (χ4v) is 3.52. The fraction of sp³-hybridized carbons (Fsp3) is 0.444. The van der Waals surface area contributed by atoms with Crippen molar-refractivity contribution in [2.75, 3.05) is 13.1 Å². The number of H-pyrrole nitrogens is 1. The van der Waals surface area contributed by atoms with Crippen molar-refractivity contribution >= 4 is 5.91 Å². The lowest BCUT2D eigenvalue weighted by molar-refractivity contribution is 0.0785. The summed E-state index contributed by atoms with van der Waals surface area (Å²) in [5, 5.41) is 7.37. The first kappa shape index (κ1) is 14.5. The van der Waals surface area contributed by atoms with Gasteiger partial charge in [-0.25, -0.2) is 0 Å². The lowest BCUT2D eigenvalue weighted by Gasteiger charge is -2.16. The van der Waals surface area contributed by atoms with E-state index in [-0.39, 0.29) is 5.91 Å². The Bertz CT molecular complexity index is 713. The summed E-state index contributed by atoms with van der Waals surface area (Å²) in [7, 11) is 0. The Morgan fingerprint density at radius 2 is 1.91 bits per heavy atom. The van der Waals surface area contributed by atoms with E-state index < -0.39 is 0 Å². The second kappa shape index (κ2) is 5.81. The Balaban J connectivity index is 1.47. The monoisotopic (exact) mass is 310 g/mol. The number of hydrogen-bond acceptors (Lipinski definition) is 3. The van der Waals surface area contributed by atoms with Crippen molar-refractivity contribution in [1.29, 1.82) is 0 Å². The summed E-state index contributed by atoms with van der Waals surface area (Å²) in [5.41, 5.74) is 5.41. The summed E-state index contributed by atoms with van der Waals surface area (Å²) in [6.45, 7) is 6.38. The lowest BCUT2D eigenvalue weighted by Crippen LogP contribution is -2.29. The number of amides is 1. The van der Waals surface area contributed by atoms with Crippen LogP contribution < -0.4 is 0 Å².